The number of nitrogens with one attached hydrogen (secondary N) is 1. The van der Waals surface area contributed by atoms with Gasteiger partial charge in [-0.1, -0.05) is 67.4 Å². The Morgan fingerprint density at radius 2 is 1.65 bits per heavy atom. The van der Waals surface area contributed by atoms with E-state index in [-0.39, 0.29) is 24.2 Å². The second-order valence-electron chi connectivity index (χ2n) is 7.64. The van der Waals surface area contributed by atoms with E-state index in [1.807, 2.05) is 6.07 Å². The summed E-state index contributed by atoms with van der Waals surface area (Å²) in [5.74, 6) is 0.534. The first-order valence-corrected chi connectivity index (χ1v) is 9.78. The van der Waals surface area contributed by atoms with Crippen molar-refractivity contribution in [1.82, 2.24) is 5.32 Å². The van der Waals surface area contributed by atoms with Gasteiger partial charge >= 0.3 is 0 Å². The van der Waals surface area contributed by atoms with Crippen LogP contribution in [0.5, 0.6) is 0 Å². The van der Waals surface area contributed by atoms with Gasteiger partial charge in [-0.3, -0.25) is 4.79 Å². The Labute approximate surface area is 155 Å². The molecule has 2 aliphatic rings. The number of rotatable bonds is 3. The number of fused-ring (bicyclic) bond motifs is 1. The topological polar surface area (TPSA) is 38.3 Å². The van der Waals surface area contributed by atoms with Crippen LogP contribution in [0, 0.1) is 5.92 Å². The van der Waals surface area contributed by atoms with Crippen LogP contribution in [0.2, 0.25) is 0 Å². The fraction of sp³-hybridized carbons (Fsp3) is 0.435. The van der Waals surface area contributed by atoms with Crippen molar-refractivity contribution in [3.05, 3.63) is 60.2 Å². The van der Waals surface area contributed by atoms with Crippen molar-refractivity contribution in [2.45, 2.75) is 57.3 Å². The molecule has 136 valence electrons. The summed E-state index contributed by atoms with van der Waals surface area (Å²) in [6, 6.07) is 19.4. The highest BCUT2D eigenvalue weighted by atomic mass is 16.5. The summed E-state index contributed by atoms with van der Waals surface area (Å²) in [7, 11) is 0. The van der Waals surface area contributed by atoms with Crippen LogP contribution in [-0.4, -0.2) is 18.1 Å². The minimum absolute atomic E-state index is 0.0658. The molecule has 0 aromatic heterocycles. The molecule has 0 unspecified atom stereocenters. The fourth-order valence-corrected chi connectivity index (χ4v) is 4.59. The van der Waals surface area contributed by atoms with Crippen molar-refractivity contribution >= 4 is 5.91 Å². The van der Waals surface area contributed by atoms with Crippen molar-refractivity contribution < 1.29 is 9.53 Å². The molecule has 1 heterocycles. The number of hydrogen-bond acceptors (Lipinski definition) is 2. The van der Waals surface area contributed by atoms with Crippen molar-refractivity contribution in [2.75, 3.05) is 0 Å². The van der Waals surface area contributed by atoms with Crippen LogP contribution in [0.3, 0.4) is 0 Å². The second kappa shape index (κ2) is 7.63. The summed E-state index contributed by atoms with van der Waals surface area (Å²) in [6.07, 6.45) is 5.95. The van der Waals surface area contributed by atoms with Crippen LogP contribution in [-0.2, 0) is 9.53 Å². The molecule has 1 aliphatic carbocycles. The summed E-state index contributed by atoms with van der Waals surface area (Å²) in [5, 5.41) is 3.20. The zero-order valence-corrected chi connectivity index (χ0v) is 15.4. The quantitative estimate of drug-likeness (QED) is 0.858. The highest BCUT2D eigenvalue weighted by Crippen LogP contribution is 2.41. The lowest BCUT2D eigenvalue weighted by atomic mass is 9.76. The summed E-state index contributed by atoms with van der Waals surface area (Å²) in [6.45, 7) is 1.62. The standard InChI is InChI=1S/C23H27NO2/c1-16(25)24-21-15-23(26-22-10-6-5-9-20(21)22)19-13-11-18(12-14-19)17-7-3-2-4-8-17/h2-4,7-8,11-14,20-23H,5-6,9-10,15H2,1H3,(H,24,25)/t20-,21+,22+,23+/m0/s1. The zero-order valence-electron chi connectivity index (χ0n) is 15.4. The first-order valence-electron chi connectivity index (χ1n) is 9.78. The molecule has 3 heteroatoms. The second-order valence-corrected chi connectivity index (χ2v) is 7.64. The summed E-state index contributed by atoms with van der Waals surface area (Å²) in [5.41, 5.74) is 3.66. The van der Waals surface area contributed by atoms with Gasteiger partial charge in [-0.25, -0.2) is 0 Å². The third-order valence-corrected chi connectivity index (χ3v) is 5.86. The molecule has 0 bridgehead atoms. The van der Waals surface area contributed by atoms with Crippen molar-refractivity contribution in [3.8, 4) is 11.1 Å². The lowest BCUT2D eigenvalue weighted by Crippen LogP contribution is -2.50. The van der Waals surface area contributed by atoms with Gasteiger partial charge in [-0.2, -0.15) is 0 Å². The Kier molecular flexibility index (Phi) is 5.07. The molecule has 2 aromatic rings. The zero-order chi connectivity index (χ0) is 17.9. The van der Waals surface area contributed by atoms with E-state index < -0.39 is 0 Å². The van der Waals surface area contributed by atoms with Gasteiger partial charge in [0.15, 0.2) is 0 Å². The lowest BCUT2D eigenvalue weighted by molar-refractivity contribution is -0.131. The van der Waals surface area contributed by atoms with Crippen LogP contribution < -0.4 is 5.32 Å². The van der Waals surface area contributed by atoms with Gasteiger partial charge in [0.2, 0.25) is 5.91 Å². The number of carbonyl (C=O) groups is 1. The fourth-order valence-electron chi connectivity index (χ4n) is 4.59. The number of ether oxygens (including phenoxy) is 1. The maximum absolute atomic E-state index is 11.7. The highest BCUT2D eigenvalue weighted by Gasteiger charge is 2.40. The predicted octanol–water partition coefficient (Wildman–Crippen LogP) is 4.88. The van der Waals surface area contributed by atoms with E-state index in [0.29, 0.717) is 5.92 Å². The molecule has 2 aromatic carbocycles. The number of amides is 1. The molecule has 4 atom stereocenters. The Hall–Kier alpha value is -2.13. The molecular formula is C23H27NO2. The van der Waals surface area contributed by atoms with Crippen molar-refractivity contribution in [2.24, 2.45) is 5.92 Å². The van der Waals surface area contributed by atoms with E-state index in [0.717, 1.165) is 19.3 Å². The monoisotopic (exact) mass is 349 g/mol. The number of hydrogen-bond donors (Lipinski definition) is 1. The van der Waals surface area contributed by atoms with Gasteiger partial charge in [0.1, 0.15) is 0 Å². The van der Waals surface area contributed by atoms with Crippen LogP contribution in [0.25, 0.3) is 11.1 Å². The first-order chi connectivity index (χ1) is 12.7. The minimum Gasteiger partial charge on any atom is -0.370 e. The maximum Gasteiger partial charge on any atom is 0.217 e. The Morgan fingerprint density at radius 1 is 0.962 bits per heavy atom. The number of carbonyl (C=O) groups excluding carboxylic acids is 1. The Morgan fingerprint density at radius 3 is 2.38 bits per heavy atom. The van der Waals surface area contributed by atoms with Crippen LogP contribution in [0.1, 0.15) is 50.7 Å². The molecule has 1 amide bonds. The van der Waals surface area contributed by atoms with Gasteiger partial charge in [0.05, 0.1) is 12.2 Å². The third-order valence-electron chi connectivity index (χ3n) is 5.86. The summed E-state index contributed by atoms with van der Waals surface area (Å²) in [4.78, 5) is 11.7. The molecule has 1 aliphatic heterocycles. The maximum atomic E-state index is 11.7. The van der Waals surface area contributed by atoms with Gasteiger partial charge in [-0.15, -0.1) is 0 Å². The Bertz CT molecular complexity index is 741. The van der Waals surface area contributed by atoms with Crippen LogP contribution in [0.4, 0.5) is 0 Å². The lowest BCUT2D eigenvalue weighted by Gasteiger charge is -2.45. The normalized spacial score (nSPS) is 28.2. The largest absolute Gasteiger partial charge is 0.370 e. The molecule has 0 radical (unpaired) electrons. The van der Waals surface area contributed by atoms with Gasteiger partial charge in [0.25, 0.3) is 0 Å². The molecule has 2 fully saturated rings. The highest BCUT2D eigenvalue weighted by molar-refractivity contribution is 5.73. The molecule has 0 spiro atoms. The predicted molar refractivity (Wildman–Crippen MR) is 104 cm³/mol. The van der Waals surface area contributed by atoms with Crippen LogP contribution >= 0.6 is 0 Å². The van der Waals surface area contributed by atoms with Gasteiger partial charge < -0.3 is 10.1 Å². The SMILES string of the molecule is CC(=O)N[C@@H]1C[C@H](c2ccc(-c3ccccc3)cc2)O[C@@H]2CCCC[C@@H]12. The van der Waals surface area contributed by atoms with E-state index in [9.17, 15) is 4.79 Å². The van der Waals surface area contributed by atoms with Crippen molar-refractivity contribution in [3.63, 3.8) is 0 Å². The average Bonchev–Trinajstić information content (AvgIpc) is 2.68. The molecule has 1 saturated carbocycles. The molecule has 26 heavy (non-hydrogen) atoms. The molecule has 1 saturated heterocycles. The van der Waals surface area contributed by atoms with Crippen LogP contribution in [0.15, 0.2) is 54.6 Å². The summed E-state index contributed by atoms with van der Waals surface area (Å²) >= 11 is 0. The number of benzene rings is 2. The van der Waals surface area contributed by atoms with Gasteiger partial charge in [0, 0.05) is 18.9 Å². The average molecular weight is 349 g/mol. The Balaban J connectivity index is 1.54. The molecule has 4 rings (SSSR count). The van der Waals surface area contributed by atoms with E-state index in [4.69, 9.17) is 4.74 Å². The molecular weight excluding hydrogens is 322 g/mol. The summed E-state index contributed by atoms with van der Waals surface area (Å²) < 4.78 is 6.48. The molecule has 3 nitrogen and oxygen atoms in total. The van der Waals surface area contributed by atoms with E-state index in [1.54, 1.807) is 6.92 Å². The van der Waals surface area contributed by atoms with E-state index in [2.05, 4.69) is 53.8 Å². The van der Waals surface area contributed by atoms with Gasteiger partial charge in [-0.05, 0) is 36.0 Å². The smallest absolute Gasteiger partial charge is 0.217 e. The van der Waals surface area contributed by atoms with Crippen molar-refractivity contribution in [1.29, 1.82) is 0 Å². The van der Waals surface area contributed by atoms with E-state index >= 15 is 0 Å². The molecule has 1 N–H and O–H groups in total. The minimum atomic E-state index is 0.0658. The first kappa shape index (κ1) is 17.3. The third kappa shape index (κ3) is 3.68. The van der Waals surface area contributed by atoms with E-state index in [1.165, 1.54) is 29.5 Å².